The summed E-state index contributed by atoms with van der Waals surface area (Å²) in [5.41, 5.74) is 2.13. The van der Waals surface area contributed by atoms with Crippen LogP contribution in [-0.2, 0) is 16.1 Å². The number of alkyl halides is 1. The lowest BCUT2D eigenvalue weighted by molar-refractivity contribution is -0.872. The zero-order chi connectivity index (χ0) is 18.4. The summed E-state index contributed by atoms with van der Waals surface area (Å²) in [7, 11) is 4.07. The van der Waals surface area contributed by atoms with Gasteiger partial charge < -0.3 is 15.0 Å². The van der Waals surface area contributed by atoms with Crippen LogP contribution in [0.1, 0.15) is 22.2 Å². The first-order valence-electron chi connectivity index (χ1n) is 8.01. The predicted octanol–water partition coefficient (Wildman–Crippen LogP) is 2.41. The van der Waals surface area contributed by atoms with Gasteiger partial charge in [-0.15, -0.1) is 22.9 Å². The minimum absolute atomic E-state index is 0.172. The molecule has 0 aliphatic rings. The molecule has 0 unspecified atom stereocenters. The fourth-order valence-electron chi connectivity index (χ4n) is 2.48. The van der Waals surface area contributed by atoms with E-state index in [0.717, 1.165) is 22.5 Å². The van der Waals surface area contributed by atoms with E-state index in [2.05, 4.69) is 5.32 Å². The van der Waals surface area contributed by atoms with E-state index in [1.165, 1.54) is 16.2 Å². The number of quaternary nitrogens is 1. The fourth-order valence-corrected chi connectivity index (χ4v) is 3.93. The number of nitrogens with one attached hydrogen (secondary N) is 2. The SMILES string of the molecule is CCOC(=O)c1c(NC(=O)CCl)sc(C[NH+](C)C)c1-c1ccccc1. The molecule has 1 aromatic heterocycles. The lowest BCUT2D eigenvalue weighted by Crippen LogP contribution is -3.04. The Labute approximate surface area is 156 Å². The summed E-state index contributed by atoms with van der Waals surface area (Å²) in [4.78, 5) is 26.6. The molecule has 0 saturated heterocycles. The number of thiophene rings is 1. The summed E-state index contributed by atoms with van der Waals surface area (Å²) in [5, 5.41) is 3.23. The van der Waals surface area contributed by atoms with Gasteiger partial charge >= 0.3 is 5.97 Å². The van der Waals surface area contributed by atoms with Crippen molar-refractivity contribution in [2.75, 3.05) is 31.9 Å². The molecule has 1 amide bonds. The van der Waals surface area contributed by atoms with Gasteiger partial charge in [0, 0.05) is 5.56 Å². The third-order valence-electron chi connectivity index (χ3n) is 3.41. The first kappa shape index (κ1) is 19.4. The van der Waals surface area contributed by atoms with Gasteiger partial charge in [0.25, 0.3) is 0 Å². The molecule has 0 saturated carbocycles. The van der Waals surface area contributed by atoms with E-state index >= 15 is 0 Å². The van der Waals surface area contributed by atoms with Gasteiger partial charge in [0.15, 0.2) is 0 Å². The van der Waals surface area contributed by atoms with Gasteiger partial charge in [-0.05, 0) is 12.5 Å². The monoisotopic (exact) mass is 381 g/mol. The Hall–Kier alpha value is -1.89. The number of hydrogen-bond donors (Lipinski definition) is 2. The number of anilines is 1. The molecular formula is C18H22ClN2O3S+. The van der Waals surface area contributed by atoms with E-state index in [0.29, 0.717) is 10.6 Å². The molecule has 0 spiro atoms. The van der Waals surface area contributed by atoms with Crippen molar-refractivity contribution >= 4 is 39.8 Å². The van der Waals surface area contributed by atoms with Gasteiger partial charge in [-0.1, -0.05) is 30.3 Å². The van der Waals surface area contributed by atoms with Crippen molar-refractivity contribution in [3.63, 3.8) is 0 Å². The summed E-state index contributed by atoms with van der Waals surface area (Å²) in [6.07, 6.45) is 0. The van der Waals surface area contributed by atoms with Gasteiger partial charge in [-0.25, -0.2) is 4.79 Å². The number of rotatable bonds is 7. The highest BCUT2D eigenvalue weighted by atomic mass is 35.5. The van der Waals surface area contributed by atoms with Crippen LogP contribution in [0.5, 0.6) is 0 Å². The summed E-state index contributed by atoms with van der Waals surface area (Å²) in [6, 6.07) is 9.67. The van der Waals surface area contributed by atoms with Crippen molar-refractivity contribution in [1.82, 2.24) is 0 Å². The Bertz CT molecular complexity index is 744. The molecule has 0 aliphatic heterocycles. The molecule has 0 fully saturated rings. The zero-order valence-electron chi connectivity index (χ0n) is 14.5. The quantitative estimate of drug-likeness (QED) is 0.572. The van der Waals surface area contributed by atoms with Gasteiger partial charge in [0.1, 0.15) is 23.0 Å². The molecule has 1 heterocycles. The van der Waals surface area contributed by atoms with Crippen LogP contribution in [0.25, 0.3) is 11.1 Å². The van der Waals surface area contributed by atoms with Gasteiger partial charge in [0.05, 0.1) is 25.6 Å². The number of benzene rings is 1. The summed E-state index contributed by atoms with van der Waals surface area (Å²) < 4.78 is 5.24. The zero-order valence-corrected chi connectivity index (χ0v) is 16.1. The highest BCUT2D eigenvalue weighted by molar-refractivity contribution is 7.17. The molecule has 25 heavy (non-hydrogen) atoms. The molecule has 0 bridgehead atoms. The average molecular weight is 382 g/mol. The van der Waals surface area contributed by atoms with Crippen molar-refractivity contribution in [3.8, 4) is 11.1 Å². The second kappa shape index (κ2) is 8.99. The highest BCUT2D eigenvalue weighted by Crippen LogP contribution is 2.40. The molecule has 5 nitrogen and oxygen atoms in total. The highest BCUT2D eigenvalue weighted by Gasteiger charge is 2.27. The number of carbonyl (C=O) groups is 2. The smallest absolute Gasteiger partial charge is 0.341 e. The van der Waals surface area contributed by atoms with Crippen LogP contribution in [0, 0.1) is 0 Å². The minimum Gasteiger partial charge on any atom is -0.462 e. The maximum Gasteiger partial charge on any atom is 0.341 e. The lowest BCUT2D eigenvalue weighted by Gasteiger charge is -2.10. The molecule has 134 valence electrons. The van der Waals surface area contributed by atoms with Crippen molar-refractivity contribution in [3.05, 3.63) is 40.8 Å². The van der Waals surface area contributed by atoms with E-state index in [-0.39, 0.29) is 18.4 Å². The van der Waals surface area contributed by atoms with Crippen LogP contribution in [0.15, 0.2) is 30.3 Å². The molecule has 2 N–H and O–H groups in total. The second-order valence-electron chi connectivity index (χ2n) is 5.76. The Balaban J connectivity index is 2.65. The minimum atomic E-state index is -0.442. The van der Waals surface area contributed by atoms with Crippen molar-refractivity contribution < 1.29 is 19.2 Å². The summed E-state index contributed by atoms with van der Waals surface area (Å²) in [5.74, 6) is -0.964. The molecule has 0 radical (unpaired) electrons. The molecule has 0 aliphatic carbocycles. The van der Waals surface area contributed by atoms with Gasteiger partial charge in [0.2, 0.25) is 5.91 Å². The van der Waals surface area contributed by atoms with Crippen LogP contribution < -0.4 is 10.2 Å². The van der Waals surface area contributed by atoms with Crippen LogP contribution >= 0.6 is 22.9 Å². The predicted molar refractivity (Wildman–Crippen MR) is 102 cm³/mol. The van der Waals surface area contributed by atoms with Gasteiger partial charge in [-0.3, -0.25) is 4.79 Å². The number of halogens is 1. The van der Waals surface area contributed by atoms with Crippen molar-refractivity contribution in [1.29, 1.82) is 0 Å². The van der Waals surface area contributed by atoms with E-state index in [9.17, 15) is 9.59 Å². The average Bonchev–Trinajstić information content (AvgIpc) is 2.92. The maximum atomic E-state index is 12.6. The lowest BCUT2D eigenvalue weighted by atomic mass is 10.0. The molecular weight excluding hydrogens is 360 g/mol. The van der Waals surface area contributed by atoms with Crippen LogP contribution in [-0.4, -0.2) is 38.5 Å². The maximum absolute atomic E-state index is 12.6. The van der Waals surface area contributed by atoms with Crippen LogP contribution in [0.4, 0.5) is 5.00 Å². The summed E-state index contributed by atoms with van der Waals surface area (Å²) in [6.45, 7) is 2.74. The third-order valence-corrected chi connectivity index (χ3v) is 4.76. The molecule has 2 rings (SSSR count). The Morgan fingerprint density at radius 3 is 2.48 bits per heavy atom. The largest absolute Gasteiger partial charge is 0.462 e. The number of carbonyl (C=O) groups excluding carboxylic acids is 2. The van der Waals surface area contributed by atoms with Crippen molar-refractivity contribution in [2.45, 2.75) is 13.5 Å². The molecule has 2 aromatic rings. The summed E-state index contributed by atoms with van der Waals surface area (Å²) >= 11 is 7.01. The first-order chi connectivity index (χ1) is 12.0. The molecule has 7 heteroatoms. The third kappa shape index (κ3) is 4.81. The van der Waals surface area contributed by atoms with Gasteiger partial charge in [-0.2, -0.15) is 0 Å². The van der Waals surface area contributed by atoms with E-state index in [1.54, 1.807) is 6.92 Å². The fraction of sp³-hybridized carbons (Fsp3) is 0.333. The first-order valence-corrected chi connectivity index (χ1v) is 9.36. The number of hydrogen-bond acceptors (Lipinski definition) is 4. The molecule has 0 atom stereocenters. The Morgan fingerprint density at radius 2 is 1.92 bits per heavy atom. The van der Waals surface area contributed by atoms with E-state index in [1.807, 2.05) is 44.4 Å². The van der Waals surface area contributed by atoms with Crippen molar-refractivity contribution in [2.24, 2.45) is 0 Å². The Morgan fingerprint density at radius 1 is 1.24 bits per heavy atom. The number of esters is 1. The van der Waals surface area contributed by atoms with E-state index in [4.69, 9.17) is 16.3 Å². The topological polar surface area (TPSA) is 59.8 Å². The van der Waals surface area contributed by atoms with Crippen LogP contribution in [0.3, 0.4) is 0 Å². The van der Waals surface area contributed by atoms with Crippen LogP contribution in [0.2, 0.25) is 0 Å². The molecule has 1 aromatic carbocycles. The Kier molecular flexibility index (Phi) is 6.99. The normalized spacial score (nSPS) is 10.8. The number of ether oxygens (including phenoxy) is 1. The standard InChI is InChI=1S/C18H21ClN2O3S/c1-4-24-18(23)16-15(12-8-6-5-7-9-12)13(11-21(2)3)25-17(16)20-14(22)10-19/h5-9H,4,10-11H2,1-3H3,(H,20,22)/p+1. The van der Waals surface area contributed by atoms with E-state index < -0.39 is 5.97 Å². The number of amides is 1. The second-order valence-corrected chi connectivity index (χ2v) is 7.13.